The number of carboxylic acid groups (broad SMARTS) is 1. The van der Waals surface area contributed by atoms with Gasteiger partial charge in [-0.3, -0.25) is 9.59 Å². The van der Waals surface area contributed by atoms with Crippen LogP contribution in [0.3, 0.4) is 0 Å². The van der Waals surface area contributed by atoms with E-state index < -0.39 is 16.8 Å². The average molecular weight is 483 g/mol. The van der Waals surface area contributed by atoms with Crippen LogP contribution in [0.1, 0.15) is 99.8 Å². The van der Waals surface area contributed by atoms with Gasteiger partial charge in [-0.15, -0.1) is 0 Å². The van der Waals surface area contributed by atoms with Crippen LogP contribution in [0, 0.1) is 50.2 Å². The number of hydrogen-bond acceptors (Lipinski definition) is 3. The third kappa shape index (κ3) is 2.98. The van der Waals surface area contributed by atoms with E-state index in [-0.39, 0.29) is 39.3 Å². The van der Waals surface area contributed by atoms with E-state index in [1.807, 2.05) is 0 Å². The highest BCUT2D eigenvalue weighted by Crippen LogP contribution is 2.75. The van der Waals surface area contributed by atoms with Gasteiger partial charge in [-0.2, -0.15) is 0 Å². The Bertz CT molecular complexity index is 1030. The second kappa shape index (κ2) is 7.25. The maximum Gasteiger partial charge on any atom is 0.310 e. The topological polar surface area (TPSA) is 63.6 Å². The summed E-state index contributed by atoms with van der Waals surface area (Å²) in [5.41, 5.74) is 0.477. The third-order valence-electron chi connectivity index (χ3n) is 12.6. The summed E-state index contributed by atoms with van der Waals surface area (Å²) in [4.78, 5) is 26.1. The van der Waals surface area contributed by atoms with Crippen LogP contribution in [0.2, 0.25) is 0 Å². The molecule has 0 saturated heterocycles. The molecular weight excluding hydrogens is 436 g/mol. The summed E-state index contributed by atoms with van der Waals surface area (Å²) in [5, 5.41) is 10.5. The lowest BCUT2D eigenvalue weighted by molar-refractivity contribution is -0.176. The highest BCUT2D eigenvalue weighted by molar-refractivity contribution is 5.99. The summed E-state index contributed by atoms with van der Waals surface area (Å²) in [6, 6.07) is 0. The minimum atomic E-state index is -0.604. The number of carboxylic acids is 1. The van der Waals surface area contributed by atoms with E-state index in [9.17, 15) is 14.7 Å². The summed E-state index contributed by atoms with van der Waals surface area (Å²) in [6.45, 7) is 16.2. The van der Waals surface area contributed by atoms with Gasteiger partial charge >= 0.3 is 5.97 Å². The minimum Gasteiger partial charge on any atom is -0.493 e. The molecule has 0 heterocycles. The Morgan fingerprint density at radius 2 is 1.63 bits per heavy atom. The number of ether oxygens (including phenoxy) is 1. The van der Waals surface area contributed by atoms with Crippen LogP contribution in [0.5, 0.6) is 0 Å². The number of fused-ring (bicyclic) bond motifs is 7. The quantitative estimate of drug-likeness (QED) is 0.423. The van der Waals surface area contributed by atoms with Crippen molar-refractivity contribution in [1.82, 2.24) is 0 Å². The molecule has 194 valence electrons. The Morgan fingerprint density at radius 1 is 0.971 bits per heavy atom. The lowest BCUT2D eigenvalue weighted by Crippen LogP contribution is -2.64. The van der Waals surface area contributed by atoms with E-state index in [1.54, 1.807) is 7.11 Å². The van der Waals surface area contributed by atoms with Gasteiger partial charge in [0, 0.05) is 5.41 Å². The number of hydrogen-bond donors (Lipinski definition) is 1. The van der Waals surface area contributed by atoms with Crippen LogP contribution in [-0.4, -0.2) is 24.0 Å². The van der Waals surface area contributed by atoms with Crippen molar-refractivity contribution in [2.24, 2.45) is 50.2 Å². The molecule has 0 bridgehead atoms. The highest BCUT2D eigenvalue weighted by Gasteiger charge is 2.69. The highest BCUT2D eigenvalue weighted by atomic mass is 16.5. The standard InChI is InChI=1S/C31H46O4/c1-26(2)13-15-31(25(33)34)16-14-29(6)19(20(31)17-26)9-10-23-28(5)18-21(35-8)24(32)27(3,4)22(28)11-12-30(23,29)7/h9,18,20,22-23H,10-17H2,1-8H3,(H,33,34)/t20-,22-,23+,28-,29+,30+,31-/m0/s1. The van der Waals surface area contributed by atoms with Gasteiger partial charge in [0.15, 0.2) is 5.76 Å². The molecule has 7 atom stereocenters. The van der Waals surface area contributed by atoms with Gasteiger partial charge in [-0.1, -0.05) is 60.1 Å². The normalized spacial score (nSPS) is 47.8. The fourth-order valence-corrected chi connectivity index (χ4v) is 10.2. The van der Waals surface area contributed by atoms with Crippen molar-refractivity contribution in [3.8, 4) is 0 Å². The fraction of sp³-hybridized carbons (Fsp3) is 0.806. The van der Waals surface area contributed by atoms with Crippen LogP contribution in [0.25, 0.3) is 0 Å². The molecule has 4 nitrogen and oxygen atoms in total. The van der Waals surface area contributed by atoms with E-state index >= 15 is 0 Å². The first kappa shape index (κ1) is 25.1. The van der Waals surface area contributed by atoms with Crippen molar-refractivity contribution in [2.75, 3.05) is 7.11 Å². The molecule has 0 aliphatic heterocycles. The van der Waals surface area contributed by atoms with Crippen molar-refractivity contribution in [3.63, 3.8) is 0 Å². The molecule has 3 fully saturated rings. The Balaban J connectivity index is 1.65. The van der Waals surface area contributed by atoms with E-state index in [0.717, 1.165) is 51.4 Å². The number of ketones is 1. The average Bonchev–Trinajstić information content (AvgIpc) is 2.76. The molecule has 3 saturated carbocycles. The van der Waals surface area contributed by atoms with Gasteiger partial charge in [-0.05, 0) is 96.9 Å². The molecule has 0 amide bonds. The summed E-state index contributed by atoms with van der Waals surface area (Å²) < 4.78 is 5.66. The second-order valence-electron chi connectivity index (χ2n) is 14.8. The van der Waals surface area contributed by atoms with Gasteiger partial charge in [0.2, 0.25) is 5.78 Å². The molecule has 5 rings (SSSR count). The van der Waals surface area contributed by atoms with E-state index in [1.165, 1.54) is 5.57 Å². The number of carbonyl (C=O) groups excluding carboxylic acids is 1. The van der Waals surface area contributed by atoms with Crippen LogP contribution in [-0.2, 0) is 14.3 Å². The Labute approximate surface area is 212 Å². The van der Waals surface area contributed by atoms with E-state index in [4.69, 9.17) is 4.74 Å². The molecule has 0 aromatic carbocycles. The first-order valence-electron chi connectivity index (χ1n) is 13.8. The lowest BCUT2D eigenvalue weighted by atomic mass is 9.34. The molecular formula is C31H46O4. The molecule has 4 heteroatoms. The number of aliphatic carboxylic acids is 1. The molecule has 5 aliphatic rings. The van der Waals surface area contributed by atoms with Gasteiger partial charge in [0.25, 0.3) is 0 Å². The Kier molecular flexibility index (Phi) is 5.20. The maximum atomic E-state index is 13.3. The van der Waals surface area contributed by atoms with Gasteiger partial charge in [-0.25, -0.2) is 0 Å². The number of carbonyl (C=O) groups is 2. The van der Waals surface area contributed by atoms with Crippen molar-refractivity contribution in [1.29, 1.82) is 0 Å². The molecule has 0 radical (unpaired) electrons. The molecule has 0 aromatic rings. The molecule has 0 unspecified atom stereocenters. The number of rotatable bonds is 2. The number of Topliss-reactive ketones (excluding diaryl/α,β-unsaturated/α-hetero) is 1. The van der Waals surface area contributed by atoms with Crippen molar-refractivity contribution in [3.05, 3.63) is 23.5 Å². The summed E-state index contributed by atoms with van der Waals surface area (Å²) in [6.07, 6.45) is 12.2. The Hall–Kier alpha value is -1.58. The maximum absolute atomic E-state index is 13.3. The third-order valence-corrected chi connectivity index (χ3v) is 12.6. The smallest absolute Gasteiger partial charge is 0.310 e. The SMILES string of the molecule is COC1=C[C@]2(C)[C@H]3CC=C4[C@@H]5CC(C)(C)CC[C@]5(C(=O)O)CC[C@@]4(C)[C@]3(C)CC[C@H]2C(C)(C)C1=O. The number of methoxy groups -OCH3 is 1. The van der Waals surface area contributed by atoms with Gasteiger partial charge < -0.3 is 9.84 Å². The van der Waals surface area contributed by atoms with E-state index in [0.29, 0.717) is 11.7 Å². The first-order valence-corrected chi connectivity index (χ1v) is 13.8. The zero-order chi connectivity index (χ0) is 25.8. The monoisotopic (exact) mass is 482 g/mol. The zero-order valence-electron chi connectivity index (χ0n) is 23.2. The first-order chi connectivity index (χ1) is 16.1. The Morgan fingerprint density at radius 3 is 2.26 bits per heavy atom. The van der Waals surface area contributed by atoms with E-state index in [2.05, 4.69) is 60.6 Å². The predicted molar refractivity (Wildman–Crippen MR) is 138 cm³/mol. The zero-order valence-corrected chi connectivity index (χ0v) is 23.2. The van der Waals surface area contributed by atoms with Crippen LogP contribution in [0.4, 0.5) is 0 Å². The minimum absolute atomic E-state index is 0.0202. The fourth-order valence-electron chi connectivity index (χ4n) is 10.2. The summed E-state index contributed by atoms with van der Waals surface area (Å²) >= 11 is 0. The van der Waals surface area contributed by atoms with Gasteiger partial charge in [0.05, 0.1) is 12.5 Å². The van der Waals surface area contributed by atoms with Crippen molar-refractivity contribution < 1.29 is 19.4 Å². The molecule has 5 aliphatic carbocycles. The van der Waals surface area contributed by atoms with Crippen LogP contribution in [0.15, 0.2) is 23.5 Å². The molecule has 35 heavy (non-hydrogen) atoms. The predicted octanol–water partition coefficient (Wildman–Crippen LogP) is 7.19. The lowest BCUT2D eigenvalue weighted by Gasteiger charge is -2.69. The molecule has 1 N–H and O–H groups in total. The summed E-state index contributed by atoms with van der Waals surface area (Å²) in [5.74, 6) is 0.893. The van der Waals surface area contributed by atoms with Crippen molar-refractivity contribution in [2.45, 2.75) is 99.8 Å². The molecule has 0 spiro atoms. The van der Waals surface area contributed by atoms with Crippen LogP contribution >= 0.6 is 0 Å². The number of allylic oxidation sites excluding steroid dienone is 4. The van der Waals surface area contributed by atoms with Gasteiger partial charge in [0.1, 0.15) is 0 Å². The largest absolute Gasteiger partial charge is 0.493 e. The molecule has 0 aromatic heterocycles. The second-order valence-corrected chi connectivity index (χ2v) is 14.8. The van der Waals surface area contributed by atoms with Crippen molar-refractivity contribution >= 4 is 11.8 Å². The summed E-state index contributed by atoms with van der Waals surface area (Å²) in [7, 11) is 1.63. The van der Waals surface area contributed by atoms with Crippen LogP contribution < -0.4 is 0 Å².